The molecule has 6 rings (SSSR count). The molecule has 0 saturated carbocycles. The molecule has 12 heteroatoms. The average molecular weight is 646 g/mol. The van der Waals surface area contributed by atoms with E-state index in [-0.39, 0.29) is 49.3 Å². The summed E-state index contributed by atoms with van der Waals surface area (Å²) in [4.78, 5) is 31.9. The van der Waals surface area contributed by atoms with Gasteiger partial charge in [0.15, 0.2) is 11.6 Å². The minimum Gasteiger partial charge on any atom is -0.462 e. The van der Waals surface area contributed by atoms with Crippen molar-refractivity contribution in [2.75, 3.05) is 37.7 Å². The number of anilines is 1. The van der Waals surface area contributed by atoms with E-state index in [0.717, 1.165) is 24.8 Å². The van der Waals surface area contributed by atoms with Gasteiger partial charge in [0.05, 0.1) is 23.9 Å². The van der Waals surface area contributed by atoms with Gasteiger partial charge in [0.25, 0.3) is 5.91 Å². The largest absolute Gasteiger partial charge is 0.462 e. The van der Waals surface area contributed by atoms with Crippen LogP contribution in [0.15, 0.2) is 55.0 Å². The third-order valence-electron chi connectivity index (χ3n) is 8.85. The van der Waals surface area contributed by atoms with Gasteiger partial charge in [-0.3, -0.25) is 14.7 Å². The Morgan fingerprint density at radius 1 is 1.17 bits per heavy atom. The molecule has 2 aromatic heterocycles. The maximum absolute atomic E-state index is 16.7. The summed E-state index contributed by atoms with van der Waals surface area (Å²) < 4.78 is 36.7. The summed E-state index contributed by atoms with van der Waals surface area (Å²) in [5, 5.41) is 11.8. The number of nitrogens with zero attached hydrogens (tertiary/aromatic N) is 7. The van der Waals surface area contributed by atoms with Crippen LogP contribution in [0.1, 0.15) is 33.1 Å². The second kappa shape index (κ2) is 13.1. The lowest BCUT2D eigenvalue weighted by Gasteiger charge is -2.41. The van der Waals surface area contributed by atoms with Crippen molar-refractivity contribution in [3.63, 3.8) is 0 Å². The number of carbonyl (C=O) groups excluding carboxylic acids is 1. The van der Waals surface area contributed by atoms with Crippen molar-refractivity contribution in [3.05, 3.63) is 65.8 Å². The molecule has 0 aliphatic carbocycles. The fourth-order valence-corrected chi connectivity index (χ4v) is 6.93. The molecule has 0 N–H and O–H groups in total. The Morgan fingerprint density at radius 2 is 1.96 bits per heavy atom. The Hall–Kier alpha value is -4.40. The minimum absolute atomic E-state index is 0.0117. The van der Waals surface area contributed by atoms with E-state index >= 15 is 4.39 Å². The highest BCUT2D eigenvalue weighted by atomic mass is 35.5. The van der Waals surface area contributed by atoms with Crippen LogP contribution in [0.25, 0.3) is 32.9 Å². The Balaban J connectivity index is 1.44. The Labute approximate surface area is 271 Å². The third-order valence-corrected chi connectivity index (χ3v) is 9.16. The molecule has 238 valence electrons. The van der Waals surface area contributed by atoms with Gasteiger partial charge < -0.3 is 14.5 Å². The summed E-state index contributed by atoms with van der Waals surface area (Å²) in [6.07, 6.45) is 3.52. The second-order valence-electron chi connectivity index (χ2n) is 12.0. The molecule has 0 bridgehead atoms. The SMILES string of the molecule is C=C(F)C(=O)N1CCN(c2nc(OC[C@@H]3CCCN3C(C)C)nc3c(F)c(-c4cccc5cccc(Cl)c45)ncc23)C[C@@H]1CC#N. The number of halogens is 3. The van der Waals surface area contributed by atoms with Gasteiger partial charge >= 0.3 is 6.01 Å². The van der Waals surface area contributed by atoms with Crippen molar-refractivity contribution in [3.8, 4) is 23.3 Å². The molecular weight excluding hydrogens is 612 g/mol. The quantitative estimate of drug-likeness (QED) is 0.206. The van der Waals surface area contributed by atoms with E-state index < -0.39 is 23.6 Å². The monoisotopic (exact) mass is 645 g/mol. The number of piperazine rings is 1. The van der Waals surface area contributed by atoms with Crippen LogP contribution < -0.4 is 9.64 Å². The first kappa shape index (κ1) is 31.6. The topological polar surface area (TPSA) is 98.5 Å². The highest BCUT2D eigenvalue weighted by molar-refractivity contribution is 6.36. The van der Waals surface area contributed by atoms with Crippen LogP contribution in [-0.2, 0) is 4.79 Å². The highest BCUT2D eigenvalue weighted by Crippen LogP contribution is 2.38. The summed E-state index contributed by atoms with van der Waals surface area (Å²) in [6.45, 7) is 9.26. The summed E-state index contributed by atoms with van der Waals surface area (Å²) in [5.74, 6) is -2.24. The predicted molar refractivity (Wildman–Crippen MR) is 174 cm³/mol. The predicted octanol–water partition coefficient (Wildman–Crippen LogP) is 6.30. The number of ether oxygens (including phenoxy) is 1. The molecule has 2 saturated heterocycles. The lowest BCUT2D eigenvalue weighted by molar-refractivity contribution is -0.131. The van der Waals surface area contributed by atoms with Crippen LogP contribution in [0.4, 0.5) is 14.6 Å². The fourth-order valence-electron chi connectivity index (χ4n) is 6.65. The third kappa shape index (κ3) is 5.95. The first-order valence-electron chi connectivity index (χ1n) is 15.4. The first-order valence-corrected chi connectivity index (χ1v) is 15.7. The molecule has 4 aromatic rings. The molecule has 2 aliphatic rings. The molecular formula is C34H34ClF2N7O2. The molecule has 1 amide bonds. The van der Waals surface area contributed by atoms with Crippen molar-refractivity contribution < 1.29 is 18.3 Å². The number of nitriles is 1. The van der Waals surface area contributed by atoms with Crippen LogP contribution >= 0.6 is 11.6 Å². The molecule has 2 aliphatic heterocycles. The summed E-state index contributed by atoms with van der Waals surface area (Å²) in [5.41, 5.74) is 0.632. The number of likely N-dealkylation sites (tertiary alicyclic amines) is 1. The molecule has 0 spiro atoms. The average Bonchev–Trinajstić information content (AvgIpc) is 3.53. The molecule has 0 radical (unpaired) electrons. The van der Waals surface area contributed by atoms with Crippen molar-refractivity contribution in [2.45, 2.75) is 51.2 Å². The molecule has 46 heavy (non-hydrogen) atoms. The zero-order valence-corrected chi connectivity index (χ0v) is 26.5. The summed E-state index contributed by atoms with van der Waals surface area (Å²) in [6, 6.07) is 13.0. The highest BCUT2D eigenvalue weighted by Gasteiger charge is 2.34. The lowest BCUT2D eigenvalue weighted by atomic mass is 10.0. The zero-order valence-electron chi connectivity index (χ0n) is 25.7. The van der Waals surface area contributed by atoms with Gasteiger partial charge in [-0.25, -0.2) is 8.78 Å². The number of benzene rings is 2. The van der Waals surface area contributed by atoms with Gasteiger partial charge in [0, 0.05) is 53.9 Å². The van der Waals surface area contributed by atoms with E-state index in [1.807, 2.05) is 29.2 Å². The number of aromatic nitrogens is 3. The van der Waals surface area contributed by atoms with Gasteiger partial charge in [-0.05, 0) is 44.7 Å². The standard InChI is InChI=1S/C34H34ClF2N7O2/c1-20(2)43-14-6-9-24(43)19-46-34-40-31-26(32(41-34)42-15-16-44(33(45)21(3)36)23(18-42)12-13-38)17-39-30(29(31)37)25-10-4-7-22-8-5-11-27(35)28(22)25/h4-5,7-8,10-11,17,20,23-24H,3,6,9,12,14-16,18-19H2,1-2H3/t23-,24-/m0/s1. The molecule has 2 aromatic carbocycles. The Kier molecular flexibility index (Phi) is 9.02. The summed E-state index contributed by atoms with van der Waals surface area (Å²) in [7, 11) is 0. The normalized spacial score (nSPS) is 18.8. The van der Waals surface area contributed by atoms with Crippen LogP contribution in [0.5, 0.6) is 6.01 Å². The van der Waals surface area contributed by atoms with Crippen LogP contribution in [0, 0.1) is 17.1 Å². The van der Waals surface area contributed by atoms with Crippen molar-refractivity contribution >= 4 is 45.0 Å². The van der Waals surface area contributed by atoms with Gasteiger partial charge in [0.1, 0.15) is 23.6 Å². The number of amides is 1. The molecule has 2 atom stereocenters. The molecule has 0 unspecified atom stereocenters. The van der Waals surface area contributed by atoms with E-state index in [2.05, 4.69) is 41.4 Å². The minimum atomic E-state index is -1.09. The maximum atomic E-state index is 16.7. The number of hydrogen-bond acceptors (Lipinski definition) is 8. The zero-order chi connectivity index (χ0) is 32.5. The van der Waals surface area contributed by atoms with E-state index in [4.69, 9.17) is 21.3 Å². The van der Waals surface area contributed by atoms with E-state index in [9.17, 15) is 14.4 Å². The number of fused-ring (bicyclic) bond motifs is 2. The smallest absolute Gasteiger partial charge is 0.319 e. The number of hydrogen-bond donors (Lipinski definition) is 0. The first-order chi connectivity index (χ1) is 22.2. The second-order valence-corrected chi connectivity index (χ2v) is 12.4. The number of pyridine rings is 1. The van der Waals surface area contributed by atoms with E-state index in [1.165, 1.54) is 11.1 Å². The van der Waals surface area contributed by atoms with Gasteiger partial charge in [-0.15, -0.1) is 0 Å². The fraction of sp³-hybridized carbons (Fsp3) is 0.382. The Bertz CT molecular complexity index is 1860. The number of carbonyl (C=O) groups is 1. The summed E-state index contributed by atoms with van der Waals surface area (Å²) >= 11 is 6.58. The van der Waals surface area contributed by atoms with Gasteiger partial charge in [-0.2, -0.15) is 15.2 Å². The lowest BCUT2D eigenvalue weighted by Crippen LogP contribution is -2.55. The van der Waals surface area contributed by atoms with Gasteiger partial charge in [-0.1, -0.05) is 48.5 Å². The van der Waals surface area contributed by atoms with Crippen LogP contribution in [0.3, 0.4) is 0 Å². The van der Waals surface area contributed by atoms with E-state index in [0.29, 0.717) is 39.8 Å². The maximum Gasteiger partial charge on any atom is 0.319 e. The van der Waals surface area contributed by atoms with Crippen molar-refractivity contribution in [1.82, 2.24) is 24.8 Å². The molecule has 4 heterocycles. The number of rotatable bonds is 8. The van der Waals surface area contributed by atoms with Crippen LogP contribution in [0.2, 0.25) is 5.02 Å². The van der Waals surface area contributed by atoms with E-state index in [1.54, 1.807) is 12.1 Å². The molecule has 2 fully saturated rings. The Morgan fingerprint density at radius 3 is 2.70 bits per heavy atom. The molecule has 9 nitrogen and oxygen atoms in total. The van der Waals surface area contributed by atoms with Crippen molar-refractivity contribution in [1.29, 1.82) is 5.26 Å². The van der Waals surface area contributed by atoms with Crippen LogP contribution in [-0.4, -0.2) is 81.6 Å². The van der Waals surface area contributed by atoms with Crippen molar-refractivity contribution in [2.24, 2.45) is 0 Å². The van der Waals surface area contributed by atoms with Gasteiger partial charge in [0.2, 0.25) is 0 Å².